The number of aryl methyl sites for hydroxylation is 1. The molecule has 1 atom stereocenters. The number of methoxy groups -OCH3 is 2. The summed E-state index contributed by atoms with van der Waals surface area (Å²) in [4.78, 5) is 0. The molecule has 1 aromatic rings. The predicted molar refractivity (Wildman–Crippen MR) is 58.8 cm³/mol. The van der Waals surface area contributed by atoms with E-state index in [-0.39, 0.29) is 6.04 Å². The van der Waals surface area contributed by atoms with Crippen molar-refractivity contribution in [2.45, 2.75) is 12.3 Å². The van der Waals surface area contributed by atoms with E-state index in [1.807, 2.05) is 7.05 Å². The molecule has 0 saturated heterocycles. The van der Waals surface area contributed by atoms with E-state index in [9.17, 15) is 0 Å². The smallest absolute Gasteiger partial charge is 0.179 e. The summed E-state index contributed by atoms with van der Waals surface area (Å²) in [6, 6.07) is -0.290. The first-order valence-electron chi connectivity index (χ1n) is 4.34. The Balaban J connectivity index is 3.01. The zero-order valence-corrected chi connectivity index (χ0v) is 10.5. The van der Waals surface area contributed by atoms with Crippen LogP contribution in [-0.4, -0.2) is 30.3 Å². The van der Waals surface area contributed by atoms with E-state index in [0.29, 0.717) is 0 Å². The number of hydrogen-bond donors (Lipinski definition) is 2. The fourth-order valence-electron chi connectivity index (χ4n) is 1.42. The van der Waals surface area contributed by atoms with Gasteiger partial charge in [-0.2, -0.15) is 5.10 Å². The van der Waals surface area contributed by atoms with Crippen LogP contribution in [0.2, 0.25) is 0 Å². The van der Waals surface area contributed by atoms with Gasteiger partial charge in [0, 0.05) is 21.3 Å². The molecule has 0 radical (unpaired) electrons. The van der Waals surface area contributed by atoms with E-state index in [4.69, 9.17) is 15.3 Å². The van der Waals surface area contributed by atoms with Crippen molar-refractivity contribution in [3.8, 4) is 0 Å². The van der Waals surface area contributed by atoms with Crippen LogP contribution in [0.1, 0.15) is 11.7 Å². The molecule has 0 fully saturated rings. The lowest BCUT2D eigenvalue weighted by atomic mass is 10.2. The van der Waals surface area contributed by atoms with Crippen molar-refractivity contribution >= 4 is 15.9 Å². The number of aromatic nitrogens is 2. The minimum Gasteiger partial charge on any atom is -0.354 e. The Morgan fingerprint density at radius 1 is 1.53 bits per heavy atom. The van der Waals surface area contributed by atoms with Gasteiger partial charge in [-0.1, -0.05) is 0 Å². The highest BCUT2D eigenvalue weighted by Crippen LogP contribution is 2.25. The first-order valence-corrected chi connectivity index (χ1v) is 5.14. The standard InChI is InChI=1S/C8H15BrN4O2/c1-13-7(5(9)4-11-13)6(12-10)8(14-2)15-3/h4,6,8,12H,10H2,1-3H3. The van der Waals surface area contributed by atoms with E-state index in [0.717, 1.165) is 10.2 Å². The first kappa shape index (κ1) is 12.6. The average Bonchev–Trinajstić information content (AvgIpc) is 2.56. The molecular formula is C8H15BrN4O2. The molecule has 0 aliphatic carbocycles. The topological polar surface area (TPSA) is 74.3 Å². The molecule has 0 bridgehead atoms. The highest BCUT2D eigenvalue weighted by molar-refractivity contribution is 9.10. The summed E-state index contributed by atoms with van der Waals surface area (Å²) >= 11 is 3.40. The minimum atomic E-state index is -0.471. The molecule has 86 valence electrons. The van der Waals surface area contributed by atoms with Gasteiger partial charge in [-0.25, -0.2) is 5.43 Å². The molecule has 0 aliphatic heterocycles. The molecule has 3 N–H and O–H groups in total. The van der Waals surface area contributed by atoms with E-state index in [1.54, 1.807) is 25.1 Å². The quantitative estimate of drug-likeness (QED) is 0.461. The molecule has 7 heteroatoms. The fourth-order valence-corrected chi connectivity index (χ4v) is 2.02. The lowest BCUT2D eigenvalue weighted by Gasteiger charge is -2.24. The van der Waals surface area contributed by atoms with Gasteiger partial charge in [0.25, 0.3) is 0 Å². The third kappa shape index (κ3) is 2.56. The van der Waals surface area contributed by atoms with Crippen LogP contribution in [0, 0.1) is 0 Å². The van der Waals surface area contributed by atoms with Crippen molar-refractivity contribution in [2.24, 2.45) is 12.9 Å². The van der Waals surface area contributed by atoms with Gasteiger partial charge in [-0.3, -0.25) is 10.5 Å². The number of nitrogens with one attached hydrogen (secondary N) is 1. The lowest BCUT2D eigenvalue weighted by Crippen LogP contribution is -2.39. The van der Waals surface area contributed by atoms with Gasteiger partial charge < -0.3 is 9.47 Å². The molecule has 0 saturated carbocycles. The highest BCUT2D eigenvalue weighted by atomic mass is 79.9. The van der Waals surface area contributed by atoms with Crippen molar-refractivity contribution in [1.82, 2.24) is 15.2 Å². The average molecular weight is 279 g/mol. The van der Waals surface area contributed by atoms with Crippen molar-refractivity contribution in [1.29, 1.82) is 0 Å². The van der Waals surface area contributed by atoms with Crippen molar-refractivity contribution in [3.05, 3.63) is 16.4 Å². The molecule has 0 aromatic carbocycles. The van der Waals surface area contributed by atoms with Gasteiger partial charge in [0.1, 0.15) is 6.04 Å². The van der Waals surface area contributed by atoms with Crippen molar-refractivity contribution in [2.75, 3.05) is 14.2 Å². The van der Waals surface area contributed by atoms with Crippen LogP contribution in [0.5, 0.6) is 0 Å². The number of halogens is 1. The van der Waals surface area contributed by atoms with Gasteiger partial charge >= 0.3 is 0 Å². The fraction of sp³-hybridized carbons (Fsp3) is 0.625. The first-order chi connectivity index (χ1) is 7.15. The van der Waals surface area contributed by atoms with E-state index in [1.165, 1.54) is 0 Å². The molecule has 15 heavy (non-hydrogen) atoms. The van der Waals surface area contributed by atoms with Crippen LogP contribution >= 0.6 is 15.9 Å². The van der Waals surface area contributed by atoms with Gasteiger partial charge in [-0.05, 0) is 15.9 Å². The van der Waals surface area contributed by atoms with Crippen molar-refractivity contribution < 1.29 is 9.47 Å². The van der Waals surface area contributed by atoms with E-state index < -0.39 is 6.29 Å². The Labute approximate surface area is 96.8 Å². The number of hydrazine groups is 1. The molecule has 0 amide bonds. The van der Waals surface area contributed by atoms with Crippen LogP contribution in [0.3, 0.4) is 0 Å². The summed E-state index contributed by atoms with van der Waals surface area (Å²) in [5.41, 5.74) is 3.51. The molecule has 0 aliphatic rings. The maximum absolute atomic E-state index is 5.48. The van der Waals surface area contributed by atoms with Gasteiger partial charge in [0.05, 0.1) is 16.4 Å². The van der Waals surface area contributed by atoms with Crippen LogP contribution in [0.25, 0.3) is 0 Å². The van der Waals surface area contributed by atoms with Crippen LogP contribution in [0.15, 0.2) is 10.7 Å². The molecular weight excluding hydrogens is 264 g/mol. The number of nitrogens with two attached hydrogens (primary N) is 1. The SMILES string of the molecule is COC(OC)C(NN)c1c(Br)cnn1C. The molecule has 0 spiro atoms. The highest BCUT2D eigenvalue weighted by Gasteiger charge is 2.26. The summed E-state index contributed by atoms with van der Waals surface area (Å²) in [6.45, 7) is 0. The predicted octanol–water partition coefficient (Wildman–Crippen LogP) is 0.306. The Morgan fingerprint density at radius 3 is 2.47 bits per heavy atom. The van der Waals surface area contributed by atoms with Gasteiger partial charge in [-0.15, -0.1) is 0 Å². The molecule has 6 nitrogen and oxygen atoms in total. The number of ether oxygens (including phenoxy) is 2. The number of hydrogen-bond acceptors (Lipinski definition) is 5. The second kappa shape index (κ2) is 5.57. The summed E-state index contributed by atoms with van der Waals surface area (Å²) in [7, 11) is 4.94. The number of nitrogens with zero attached hydrogens (tertiary/aromatic N) is 2. The van der Waals surface area contributed by atoms with E-state index >= 15 is 0 Å². The van der Waals surface area contributed by atoms with Crippen LogP contribution in [0.4, 0.5) is 0 Å². The van der Waals surface area contributed by atoms with E-state index in [2.05, 4.69) is 26.5 Å². The van der Waals surface area contributed by atoms with Gasteiger partial charge in [0.15, 0.2) is 6.29 Å². The third-order valence-electron chi connectivity index (χ3n) is 2.15. The Kier molecular flexibility index (Phi) is 4.68. The van der Waals surface area contributed by atoms with Crippen LogP contribution in [-0.2, 0) is 16.5 Å². The molecule has 1 aromatic heterocycles. The molecule has 1 rings (SSSR count). The Hall–Kier alpha value is -0.470. The minimum absolute atomic E-state index is 0.290. The number of rotatable bonds is 5. The van der Waals surface area contributed by atoms with Gasteiger partial charge in [0.2, 0.25) is 0 Å². The Morgan fingerprint density at radius 2 is 2.13 bits per heavy atom. The summed E-state index contributed by atoms with van der Waals surface area (Å²) < 4.78 is 12.9. The normalized spacial score (nSPS) is 13.5. The monoisotopic (exact) mass is 278 g/mol. The Bertz CT molecular complexity index is 294. The van der Waals surface area contributed by atoms with Crippen LogP contribution < -0.4 is 11.3 Å². The maximum atomic E-state index is 5.48. The molecule has 1 unspecified atom stereocenters. The zero-order valence-electron chi connectivity index (χ0n) is 8.90. The molecule has 1 heterocycles. The van der Waals surface area contributed by atoms with Crippen molar-refractivity contribution in [3.63, 3.8) is 0 Å². The summed E-state index contributed by atoms with van der Waals surface area (Å²) in [5, 5.41) is 4.10. The maximum Gasteiger partial charge on any atom is 0.179 e. The zero-order chi connectivity index (χ0) is 11.4. The summed E-state index contributed by atoms with van der Waals surface area (Å²) in [5.74, 6) is 5.48. The largest absolute Gasteiger partial charge is 0.354 e. The lowest BCUT2D eigenvalue weighted by molar-refractivity contribution is -0.125. The second-order valence-electron chi connectivity index (χ2n) is 2.99. The summed E-state index contributed by atoms with van der Waals surface area (Å²) in [6.07, 6.45) is 1.23. The second-order valence-corrected chi connectivity index (χ2v) is 3.84. The third-order valence-corrected chi connectivity index (χ3v) is 2.76.